The number of para-hydroxylation sites is 2. The third-order valence-electron chi connectivity index (χ3n) is 6.31. The summed E-state index contributed by atoms with van der Waals surface area (Å²) in [4.78, 5) is 17.2. The van der Waals surface area contributed by atoms with E-state index in [0.29, 0.717) is 29.3 Å². The molecule has 0 aliphatic heterocycles. The summed E-state index contributed by atoms with van der Waals surface area (Å²) in [7, 11) is -1.11. The fourth-order valence-corrected chi connectivity index (χ4v) is 5.21. The first-order valence-electron chi connectivity index (χ1n) is 13.3. The summed E-state index contributed by atoms with van der Waals surface area (Å²) in [6.45, 7) is 10.1. The maximum absolute atomic E-state index is 13.4. The van der Waals surface area contributed by atoms with Crippen LogP contribution in [0.2, 0.25) is 0 Å². The molecule has 3 aromatic carbocycles. The number of hydrogen-bond donors (Lipinski definition) is 1. The molecular formula is C30H39N3O6S. The predicted molar refractivity (Wildman–Crippen MR) is 158 cm³/mol. The average Bonchev–Trinajstić information content (AvgIpc) is 2.94. The monoisotopic (exact) mass is 569 g/mol. The second-order valence-electron chi connectivity index (χ2n) is 9.58. The maximum atomic E-state index is 13.4. The number of urea groups is 1. The van der Waals surface area contributed by atoms with E-state index >= 15 is 0 Å². The number of benzene rings is 3. The molecule has 0 unspecified atom stereocenters. The average molecular weight is 570 g/mol. The molecule has 0 bridgehead atoms. The highest BCUT2D eigenvalue weighted by Crippen LogP contribution is 2.31. The molecule has 0 spiro atoms. The van der Waals surface area contributed by atoms with Crippen molar-refractivity contribution in [2.24, 2.45) is 5.92 Å². The molecule has 3 rings (SSSR count). The van der Waals surface area contributed by atoms with Crippen LogP contribution in [0, 0.1) is 5.92 Å². The lowest BCUT2D eigenvalue weighted by atomic mass is 10.1. The Labute approximate surface area is 237 Å². The van der Waals surface area contributed by atoms with Gasteiger partial charge in [0.05, 0.1) is 26.5 Å². The van der Waals surface area contributed by atoms with Crippen molar-refractivity contribution in [2.45, 2.75) is 39.1 Å². The Morgan fingerprint density at radius 3 is 2.17 bits per heavy atom. The van der Waals surface area contributed by atoms with Gasteiger partial charge in [-0.05, 0) is 62.2 Å². The third kappa shape index (κ3) is 7.81. The smallest absolute Gasteiger partial charge is 0.339 e. The van der Waals surface area contributed by atoms with Gasteiger partial charge in [-0.1, -0.05) is 32.0 Å². The van der Waals surface area contributed by atoms with Crippen LogP contribution in [0.3, 0.4) is 0 Å². The van der Waals surface area contributed by atoms with E-state index < -0.39 is 10.1 Å². The quantitative estimate of drug-likeness (QED) is 0.252. The van der Waals surface area contributed by atoms with Crippen molar-refractivity contribution in [3.8, 4) is 17.2 Å². The second-order valence-corrected chi connectivity index (χ2v) is 11.1. The van der Waals surface area contributed by atoms with E-state index in [1.54, 1.807) is 42.3 Å². The molecule has 0 atom stereocenters. The molecule has 0 radical (unpaired) electrons. The Bertz CT molecular complexity index is 1370. The second kappa shape index (κ2) is 13.9. The fourth-order valence-electron chi connectivity index (χ4n) is 4.25. The van der Waals surface area contributed by atoms with Crippen LogP contribution < -0.4 is 23.9 Å². The van der Waals surface area contributed by atoms with Crippen molar-refractivity contribution < 1.29 is 26.9 Å². The Hall–Kier alpha value is -3.92. The van der Waals surface area contributed by atoms with Gasteiger partial charge in [0.1, 0.15) is 22.1 Å². The molecule has 2 amide bonds. The zero-order chi connectivity index (χ0) is 29.3. The zero-order valence-corrected chi connectivity index (χ0v) is 24.8. The number of methoxy groups -OCH3 is 2. The summed E-state index contributed by atoms with van der Waals surface area (Å²) in [5, 5.41) is 2.92. The van der Waals surface area contributed by atoms with Gasteiger partial charge in [0.25, 0.3) is 0 Å². The summed E-state index contributed by atoms with van der Waals surface area (Å²) < 4.78 is 42.9. The molecule has 0 saturated heterocycles. The van der Waals surface area contributed by atoms with E-state index in [9.17, 15) is 13.2 Å². The van der Waals surface area contributed by atoms with Gasteiger partial charge < -0.3 is 28.8 Å². The number of nitrogens with zero attached hydrogens (tertiary/aromatic N) is 2. The largest absolute Gasteiger partial charge is 0.497 e. The minimum atomic E-state index is -4.16. The Morgan fingerprint density at radius 2 is 1.57 bits per heavy atom. The van der Waals surface area contributed by atoms with Crippen LogP contribution in [0.4, 0.5) is 16.2 Å². The van der Waals surface area contributed by atoms with Crippen molar-refractivity contribution in [3.05, 3.63) is 72.3 Å². The summed E-state index contributed by atoms with van der Waals surface area (Å²) >= 11 is 0. The summed E-state index contributed by atoms with van der Waals surface area (Å²) in [6, 6.07) is 18.3. The zero-order valence-electron chi connectivity index (χ0n) is 24.0. The topological polar surface area (TPSA) is 97.4 Å². The lowest BCUT2D eigenvalue weighted by molar-refractivity contribution is 0.201. The lowest BCUT2D eigenvalue weighted by Gasteiger charge is -2.27. The van der Waals surface area contributed by atoms with Crippen molar-refractivity contribution in [2.75, 3.05) is 44.1 Å². The number of anilines is 2. The van der Waals surface area contributed by atoms with Gasteiger partial charge in [-0.25, -0.2) is 4.79 Å². The number of ether oxygens (including phenoxy) is 2. The van der Waals surface area contributed by atoms with Crippen molar-refractivity contribution in [3.63, 3.8) is 0 Å². The molecule has 216 valence electrons. The van der Waals surface area contributed by atoms with Crippen molar-refractivity contribution in [1.29, 1.82) is 0 Å². The number of carbonyl (C=O) groups excluding carboxylic acids is 1. The molecule has 0 fully saturated rings. The minimum Gasteiger partial charge on any atom is -0.497 e. The van der Waals surface area contributed by atoms with Gasteiger partial charge in [0.2, 0.25) is 0 Å². The van der Waals surface area contributed by atoms with Crippen LogP contribution >= 0.6 is 0 Å². The van der Waals surface area contributed by atoms with Gasteiger partial charge in [-0.3, -0.25) is 0 Å². The first-order valence-corrected chi connectivity index (χ1v) is 14.7. The standard InChI is InChI=1S/C30H39N3O6S/c1-7-32(8-2)24-14-13-23(29(19-24)39-40(35,36)26-17-15-25(37-5)16-18-26)21-33(20-22(3)4)30(34)31-27-11-9-10-12-28(27)38-6/h9-19,22H,7-8,20-21H2,1-6H3,(H,31,34). The van der Waals surface area contributed by atoms with Gasteiger partial charge in [0.15, 0.2) is 0 Å². The van der Waals surface area contributed by atoms with E-state index in [0.717, 1.165) is 18.8 Å². The van der Waals surface area contributed by atoms with E-state index in [-0.39, 0.29) is 29.1 Å². The maximum Gasteiger partial charge on any atom is 0.339 e. The normalized spacial score (nSPS) is 11.2. The van der Waals surface area contributed by atoms with Crippen LogP contribution in [0.1, 0.15) is 33.3 Å². The molecule has 3 aromatic rings. The Balaban J connectivity index is 1.99. The van der Waals surface area contributed by atoms with Crippen LogP contribution in [-0.2, 0) is 16.7 Å². The van der Waals surface area contributed by atoms with Gasteiger partial charge >= 0.3 is 16.1 Å². The summed E-state index contributed by atoms with van der Waals surface area (Å²) in [6.07, 6.45) is 0. The highest BCUT2D eigenvalue weighted by Gasteiger charge is 2.23. The summed E-state index contributed by atoms with van der Waals surface area (Å²) in [5.74, 6) is 1.40. The van der Waals surface area contributed by atoms with E-state index in [1.165, 1.54) is 19.2 Å². The van der Waals surface area contributed by atoms with Crippen LogP contribution in [0.15, 0.2) is 71.6 Å². The van der Waals surface area contributed by atoms with E-state index in [4.69, 9.17) is 13.7 Å². The minimum absolute atomic E-state index is 0.000412. The van der Waals surface area contributed by atoms with E-state index in [2.05, 4.69) is 10.2 Å². The highest BCUT2D eigenvalue weighted by atomic mass is 32.2. The molecule has 10 heteroatoms. The molecule has 0 aliphatic rings. The summed E-state index contributed by atoms with van der Waals surface area (Å²) in [5.41, 5.74) is 1.92. The Morgan fingerprint density at radius 1 is 0.900 bits per heavy atom. The Kier molecular flexibility index (Phi) is 10.7. The molecular weight excluding hydrogens is 530 g/mol. The number of nitrogens with one attached hydrogen (secondary N) is 1. The van der Waals surface area contributed by atoms with Crippen LogP contribution in [0.5, 0.6) is 17.2 Å². The first-order chi connectivity index (χ1) is 19.1. The fraction of sp³-hybridized carbons (Fsp3) is 0.367. The number of amides is 2. The molecule has 1 N–H and O–H groups in total. The predicted octanol–water partition coefficient (Wildman–Crippen LogP) is 6.01. The third-order valence-corrected chi connectivity index (χ3v) is 7.56. The molecule has 0 aliphatic carbocycles. The SMILES string of the molecule is CCN(CC)c1ccc(CN(CC(C)C)C(=O)Nc2ccccc2OC)c(OS(=O)(=O)c2ccc(OC)cc2)c1. The first kappa shape index (κ1) is 30.6. The molecule has 0 aromatic heterocycles. The number of carbonyl (C=O) groups is 1. The molecule has 9 nitrogen and oxygen atoms in total. The molecule has 0 saturated carbocycles. The van der Waals surface area contributed by atoms with Gasteiger partial charge in [-0.15, -0.1) is 0 Å². The lowest BCUT2D eigenvalue weighted by Crippen LogP contribution is -2.37. The highest BCUT2D eigenvalue weighted by molar-refractivity contribution is 7.87. The van der Waals surface area contributed by atoms with Crippen molar-refractivity contribution in [1.82, 2.24) is 4.90 Å². The van der Waals surface area contributed by atoms with E-state index in [1.807, 2.05) is 52.0 Å². The van der Waals surface area contributed by atoms with Crippen molar-refractivity contribution >= 4 is 27.5 Å². The number of rotatable bonds is 13. The van der Waals surface area contributed by atoms with Crippen LogP contribution in [0.25, 0.3) is 0 Å². The molecule has 0 heterocycles. The van der Waals surface area contributed by atoms with Gasteiger partial charge in [0, 0.05) is 37.0 Å². The molecule has 40 heavy (non-hydrogen) atoms. The number of hydrogen-bond acceptors (Lipinski definition) is 7. The van der Waals surface area contributed by atoms with Gasteiger partial charge in [-0.2, -0.15) is 8.42 Å². The van der Waals surface area contributed by atoms with Crippen LogP contribution in [-0.4, -0.2) is 53.2 Å².